The van der Waals surface area contributed by atoms with Crippen molar-refractivity contribution in [3.05, 3.63) is 40.8 Å². The van der Waals surface area contributed by atoms with Crippen LogP contribution in [0.1, 0.15) is 33.8 Å². The fourth-order valence-electron chi connectivity index (χ4n) is 2.40. The molecule has 2 aromatic rings. The normalized spacial score (nSPS) is 10.4. The number of hydrogen-bond donors (Lipinski definition) is 0. The fourth-order valence-corrected chi connectivity index (χ4v) is 2.40. The first kappa shape index (κ1) is 18.5. The van der Waals surface area contributed by atoms with Crippen LogP contribution in [0.5, 0.6) is 11.5 Å². The van der Waals surface area contributed by atoms with E-state index in [-0.39, 0.29) is 18.8 Å². The highest BCUT2D eigenvalue weighted by Crippen LogP contribution is 2.27. The zero-order valence-electron chi connectivity index (χ0n) is 14.8. The van der Waals surface area contributed by atoms with Gasteiger partial charge < -0.3 is 18.7 Å². The first-order valence-corrected chi connectivity index (χ1v) is 7.78. The lowest BCUT2D eigenvalue weighted by molar-refractivity contribution is -0.142. The number of Topliss-reactive ketones (excluding diaryl/α,β-unsaturated/α-hetero) is 1. The van der Waals surface area contributed by atoms with E-state index in [0.29, 0.717) is 29.2 Å². The van der Waals surface area contributed by atoms with Gasteiger partial charge in [-0.05, 0) is 38.5 Å². The molecule has 25 heavy (non-hydrogen) atoms. The number of aryl methyl sites for hydroxylation is 2. The zero-order valence-corrected chi connectivity index (χ0v) is 14.8. The zero-order chi connectivity index (χ0) is 18.4. The van der Waals surface area contributed by atoms with Crippen molar-refractivity contribution in [3.63, 3.8) is 0 Å². The van der Waals surface area contributed by atoms with Crippen molar-refractivity contribution in [2.75, 3.05) is 20.8 Å². The van der Waals surface area contributed by atoms with Crippen LogP contribution in [-0.4, -0.2) is 37.7 Å². The molecule has 0 N–H and O–H groups in total. The van der Waals surface area contributed by atoms with Gasteiger partial charge in [0.1, 0.15) is 5.76 Å². The lowest BCUT2D eigenvalue weighted by atomic mass is 10.1. The first-order chi connectivity index (χ1) is 12.0. The average molecular weight is 347 g/mol. The molecule has 2 rings (SSSR count). The Labute approximate surface area is 145 Å². The summed E-state index contributed by atoms with van der Waals surface area (Å²) in [5.74, 6) is 0.890. The maximum absolute atomic E-state index is 12.2. The second-order valence-corrected chi connectivity index (χ2v) is 5.46. The third kappa shape index (κ3) is 4.59. The van der Waals surface area contributed by atoms with Gasteiger partial charge in [0, 0.05) is 17.5 Å². The smallest absolute Gasteiger partial charge is 0.306 e. The van der Waals surface area contributed by atoms with E-state index < -0.39 is 5.97 Å². The van der Waals surface area contributed by atoms with Crippen LogP contribution in [0.25, 0.3) is 0 Å². The summed E-state index contributed by atoms with van der Waals surface area (Å²) in [6.07, 6.45) is 0.618. The molecule has 0 aliphatic carbocycles. The number of benzene rings is 1. The van der Waals surface area contributed by atoms with Gasteiger partial charge in [0.2, 0.25) is 0 Å². The molecule has 0 saturated heterocycles. The highest BCUT2D eigenvalue weighted by atomic mass is 16.5. The molecule has 0 saturated carbocycles. The minimum Gasteiger partial charge on any atom is -0.493 e. The molecule has 7 heteroatoms. The Hall–Kier alpha value is -2.83. The standard InChI is InChI=1S/C18H21NO6/c1-11-14(12(2)25-19-11)6-8-18(21)24-10-15(20)13-5-7-16(22-3)17(9-13)23-4/h5,7,9H,6,8,10H2,1-4H3. The van der Waals surface area contributed by atoms with Crippen LogP contribution >= 0.6 is 0 Å². The SMILES string of the molecule is COc1ccc(C(=O)COC(=O)CCc2c(C)noc2C)cc1OC. The molecule has 0 aliphatic heterocycles. The summed E-state index contributed by atoms with van der Waals surface area (Å²) in [4.78, 5) is 24.0. The molecule has 0 amide bonds. The van der Waals surface area contributed by atoms with Gasteiger partial charge >= 0.3 is 5.97 Å². The van der Waals surface area contributed by atoms with Crippen molar-refractivity contribution in [2.45, 2.75) is 26.7 Å². The second kappa shape index (κ2) is 8.32. The maximum Gasteiger partial charge on any atom is 0.306 e. The van der Waals surface area contributed by atoms with Crippen molar-refractivity contribution in [2.24, 2.45) is 0 Å². The molecule has 0 fully saturated rings. The Bertz CT molecular complexity index is 745. The summed E-state index contributed by atoms with van der Waals surface area (Å²) in [5.41, 5.74) is 2.03. The molecule has 7 nitrogen and oxygen atoms in total. The monoisotopic (exact) mass is 347 g/mol. The Morgan fingerprint density at radius 3 is 2.44 bits per heavy atom. The lowest BCUT2D eigenvalue weighted by Crippen LogP contribution is -2.15. The molecule has 0 atom stereocenters. The molecule has 1 heterocycles. The highest BCUT2D eigenvalue weighted by Gasteiger charge is 2.15. The lowest BCUT2D eigenvalue weighted by Gasteiger charge is -2.09. The minimum absolute atomic E-state index is 0.155. The summed E-state index contributed by atoms with van der Waals surface area (Å²) in [7, 11) is 3.00. The Morgan fingerprint density at radius 2 is 1.84 bits per heavy atom. The molecule has 0 bridgehead atoms. The van der Waals surface area contributed by atoms with Crippen molar-refractivity contribution in [1.82, 2.24) is 5.16 Å². The largest absolute Gasteiger partial charge is 0.493 e. The molecule has 0 spiro atoms. The Kier molecular flexibility index (Phi) is 6.16. The summed E-state index contributed by atoms with van der Waals surface area (Å²) in [5, 5.41) is 3.84. The molecule has 0 aliphatic rings. The van der Waals surface area contributed by atoms with Crippen molar-refractivity contribution < 1.29 is 28.3 Å². The minimum atomic E-state index is -0.450. The van der Waals surface area contributed by atoms with Gasteiger partial charge in [-0.15, -0.1) is 0 Å². The molecule has 0 unspecified atom stereocenters. The van der Waals surface area contributed by atoms with Crippen LogP contribution in [-0.2, 0) is 16.0 Å². The number of carbonyl (C=O) groups is 2. The fraction of sp³-hybridized carbons (Fsp3) is 0.389. The van der Waals surface area contributed by atoms with Crippen molar-refractivity contribution in [3.8, 4) is 11.5 Å². The number of hydrogen-bond acceptors (Lipinski definition) is 7. The van der Waals surface area contributed by atoms with Crippen LogP contribution in [0, 0.1) is 13.8 Å². The van der Waals surface area contributed by atoms with Gasteiger partial charge in [0.15, 0.2) is 23.9 Å². The van der Waals surface area contributed by atoms with E-state index in [2.05, 4.69) is 5.16 Å². The van der Waals surface area contributed by atoms with Gasteiger partial charge in [-0.25, -0.2) is 0 Å². The number of carbonyl (C=O) groups excluding carboxylic acids is 2. The summed E-state index contributed by atoms with van der Waals surface area (Å²) in [6, 6.07) is 4.78. The summed E-state index contributed by atoms with van der Waals surface area (Å²) < 4.78 is 20.4. The number of ketones is 1. The van der Waals surface area contributed by atoms with E-state index in [1.165, 1.54) is 14.2 Å². The average Bonchev–Trinajstić information content (AvgIpc) is 2.95. The predicted octanol–water partition coefficient (Wildman–Crippen LogP) is 2.67. The van der Waals surface area contributed by atoms with Gasteiger partial charge in [-0.3, -0.25) is 9.59 Å². The summed E-state index contributed by atoms with van der Waals surface area (Å²) in [6.45, 7) is 3.29. The second-order valence-electron chi connectivity index (χ2n) is 5.46. The predicted molar refractivity (Wildman–Crippen MR) is 89.1 cm³/mol. The third-order valence-electron chi connectivity index (χ3n) is 3.83. The number of ether oxygens (including phenoxy) is 3. The maximum atomic E-state index is 12.2. The van der Waals surface area contributed by atoms with Gasteiger partial charge in [-0.1, -0.05) is 5.16 Å². The van der Waals surface area contributed by atoms with Gasteiger partial charge in [-0.2, -0.15) is 0 Å². The van der Waals surface area contributed by atoms with E-state index >= 15 is 0 Å². The van der Waals surface area contributed by atoms with Crippen LogP contribution in [0.15, 0.2) is 22.7 Å². The van der Waals surface area contributed by atoms with Crippen LogP contribution < -0.4 is 9.47 Å². The Balaban J connectivity index is 1.88. The first-order valence-electron chi connectivity index (χ1n) is 7.78. The van der Waals surface area contributed by atoms with Crippen molar-refractivity contribution >= 4 is 11.8 Å². The molecule has 0 radical (unpaired) electrons. The molecule has 134 valence electrons. The third-order valence-corrected chi connectivity index (χ3v) is 3.83. The molecular formula is C18H21NO6. The number of nitrogens with zero attached hydrogens (tertiary/aromatic N) is 1. The van der Waals surface area contributed by atoms with E-state index in [1.807, 2.05) is 6.92 Å². The topological polar surface area (TPSA) is 87.9 Å². The van der Waals surface area contributed by atoms with Crippen LogP contribution in [0.2, 0.25) is 0 Å². The molecular weight excluding hydrogens is 326 g/mol. The number of aromatic nitrogens is 1. The van der Waals surface area contributed by atoms with Gasteiger partial charge in [0.25, 0.3) is 0 Å². The van der Waals surface area contributed by atoms with Crippen LogP contribution in [0.4, 0.5) is 0 Å². The Morgan fingerprint density at radius 1 is 1.12 bits per heavy atom. The van der Waals surface area contributed by atoms with Gasteiger partial charge in [0.05, 0.1) is 19.9 Å². The number of methoxy groups -OCH3 is 2. The quantitative estimate of drug-likeness (QED) is 0.536. The molecule has 1 aromatic heterocycles. The van der Waals surface area contributed by atoms with E-state index in [0.717, 1.165) is 11.3 Å². The number of esters is 1. The van der Waals surface area contributed by atoms with E-state index in [4.69, 9.17) is 18.7 Å². The van der Waals surface area contributed by atoms with E-state index in [9.17, 15) is 9.59 Å². The van der Waals surface area contributed by atoms with Crippen molar-refractivity contribution in [1.29, 1.82) is 0 Å². The number of rotatable bonds is 8. The van der Waals surface area contributed by atoms with E-state index in [1.54, 1.807) is 25.1 Å². The summed E-state index contributed by atoms with van der Waals surface area (Å²) >= 11 is 0. The molecule has 1 aromatic carbocycles. The van der Waals surface area contributed by atoms with Crippen LogP contribution in [0.3, 0.4) is 0 Å². The highest BCUT2D eigenvalue weighted by molar-refractivity contribution is 5.98.